The molecule has 350 valence electrons. The molecule has 0 amide bonds. The fourth-order valence-corrected chi connectivity index (χ4v) is 7.99. The Labute approximate surface area is 368 Å². The molecule has 59 heavy (non-hydrogen) atoms. The van der Waals surface area contributed by atoms with E-state index in [1.54, 1.807) is 0 Å². The molecule has 0 saturated carbocycles. The smallest absolute Gasteiger partial charge is 0.306 e. The third-order valence-corrected chi connectivity index (χ3v) is 12.0. The first-order valence-corrected chi connectivity index (χ1v) is 26.2. The number of esters is 3. The summed E-state index contributed by atoms with van der Waals surface area (Å²) in [6, 6.07) is 0. The molecule has 0 heterocycles. The van der Waals surface area contributed by atoms with E-state index in [4.69, 9.17) is 14.2 Å². The van der Waals surface area contributed by atoms with Crippen molar-refractivity contribution in [1.29, 1.82) is 0 Å². The largest absolute Gasteiger partial charge is 0.462 e. The number of ether oxygens (including phenoxy) is 3. The minimum atomic E-state index is -0.761. The van der Waals surface area contributed by atoms with Gasteiger partial charge in [0.05, 0.1) is 0 Å². The minimum absolute atomic E-state index is 0.0636. The number of rotatable bonds is 47. The molecule has 0 saturated heterocycles. The van der Waals surface area contributed by atoms with Gasteiger partial charge in [-0.15, -0.1) is 0 Å². The number of carbonyl (C=O) groups excluding carboxylic acids is 3. The van der Waals surface area contributed by atoms with E-state index in [0.717, 1.165) is 69.6 Å². The Kier molecular flexibility index (Phi) is 44.7. The molecule has 0 aliphatic heterocycles. The fourth-order valence-electron chi connectivity index (χ4n) is 7.99. The quantitative estimate of drug-likeness (QED) is 0.0345. The van der Waals surface area contributed by atoms with Crippen LogP contribution in [-0.2, 0) is 28.6 Å². The molecule has 0 rings (SSSR count). The second-order valence-electron chi connectivity index (χ2n) is 19.1. The zero-order chi connectivity index (χ0) is 43.3. The molecule has 0 bridgehead atoms. The van der Waals surface area contributed by atoms with Crippen molar-refractivity contribution in [1.82, 2.24) is 0 Å². The van der Waals surface area contributed by atoms with Gasteiger partial charge in [-0.25, -0.2) is 0 Å². The van der Waals surface area contributed by atoms with E-state index in [1.807, 2.05) is 0 Å². The summed E-state index contributed by atoms with van der Waals surface area (Å²) < 4.78 is 16.8. The van der Waals surface area contributed by atoms with Crippen LogP contribution in [-0.4, -0.2) is 37.2 Å². The highest BCUT2D eigenvalue weighted by Crippen LogP contribution is 2.17. The Morgan fingerprint density at radius 2 is 0.559 bits per heavy atom. The SMILES string of the molecule is CCCCCCCCCCCCCC(=O)O[C@H](COC(=O)CCCCCCCCCCCCCCCCCC(C)C)COC(=O)CCCCCCCCCCCC(C)C. The van der Waals surface area contributed by atoms with Gasteiger partial charge in [0, 0.05) is 19.3 Å². The van der Waals surface area contributed by atoms with Crippen molar-refractivity contribution in [2.75, 3.05) is 13.2 Å². The maximum absolute atomic E-state index is 12.8. The molecule has 0 N–H and O–H groups in total. The first-order chi connectivity index (χ1) is 28.7. The molecule has 0 radical (unpaired) electrons. The summed E-state index contributed by atoms with van der Waals surface area (Å²) in [4.78, 5) is 37.9. The summed E-state index contributed by atoms with van der Waals surface area (Å²) in [7, 11) is 0. The molecule has 0 aromatic carbocycles. The van der Waals surface area contributed by atoms with Gasteiger partial charge in [0.15, 0.2) is 6.10 Å². The van der Waals surface area contributed by atoms with Gasteiger partial charge in [0.2, 0.25) is 0 Å². The predicted molar refractivity (Wildman–Crippen MR) is 252 cm³/mol. The molecule has 6 heteroatoms. The fraction of sp³-hybridized carbons (Fsp3) is 0.943. The number of hydrogen-bond acceptors (Lipinski definition) is 6. The third kappa shape index (κ3) is 47.3. The Bertz CT molecular complexity index is 900. The Morgan fingerprint density at radius 1 is 0.322 bits per heavy atom. The topological polar surface area (TPSA) is 78.9 Å². The van der Waals surface area contributed by atoms with Crippen molar-refractivity contribution < 1.29 is 28.6 Å². The van der Waals surface area contributed by atoms with E-state index in [2.05, 4.69) is 34.6 Å². The van der Waals surface area contributed by atoms with Gasteiger partial charge in [-0.3, -0.25) is 14.4 Å². The summed E-state index contributed by atoms with van der Waals surface area (Å²) in [5.74, 6) is 0.809. The standard InChI is InChI=1S/C53H102O6/c1-6-7-8-9-10-11-17-24-30-35-40-45-53(56)59-50(47-58-52(55)44-39-34-29-25-20-22-27-32-37-42-49(4)5)46-57-51(54)43-38-33-28-23-19-16-14-12-13-15-18-21-26-31-36-41-48(2)3/h48-50H,6-47H2,1-5H3/t50-/m1/s1. The second-order valence-corrected chi connectivity index (χ2v) is 19.1. The Morgan fingerprint density at radius 3 is 0.831 bits per heavy atom. The molecule has 0 aliphatic carbocycles. The predicted octanol–water partition coefficient (Wildman–Crippen LogP) is 16.9. The van der Waals surface area contributed by atoms with Gasteiger partial charge in [-0.05, 0) is 31.1 Å². The number of hydrogen-bond donors (Lipinski definition) is 0. The maximum atomic E-state index is 12.8. The molecule has 0 spiro atoms. The Balaban J connectivity index is 4.25. The lowest BCUT2D eigenvalue weighted by Crippen LogP contribution is -2.30. The number of unbranched alkanes of at least 4 members (excludes halogenated alkanes) is 32. The van der Waals surface area contributed by atoms with Crippen molar-refractivity contribution in [3.63, 3.8) is 0 Å². The van der Waals surface area contributed by atoms with Crippen LogP contribution in [0.4, 0.5) is 0 Å². The van der Waals surface area contributed by atoms with E-state index in [1.165, 1.54) is 180 Å². The summed E-state index contributed by atoms with van der Waals surface area (Å²) in [6.45, 7) is 11.4. The molecule has 0 aromatic heterocycles. The van der Waals surface area contributed by atoms with E-state index in [0.29, 0.717) is 19.3 Å². The molecule has 0 aliphatic rings. The molecule has 0 unspecified atom stereocenters. The lowest BCUT2D eigenvalue weighted by molar-refractivity contribution is -0.167. The maximum Gasteiger partial charge on any atom is 0.306 e. The van der Waals surface area contributed by atoms with Gasteiger partial charge < -0.3 is 14.2 Å². The summed E-state index contributed by atoms with van der Waals surface area (Å²) >= 11 is 0. The molecule has 0 aromatic rings. The highest BCUT2D eigenvalue weighted by Gasteiger charge is 2.19. The zero-order valence-electron chi connectivity index (χ0n) is 40.4. The van der Waals surface area contributed by atoms with Crippen LogP contribution in [0.2, 0.25) is 0 Å². The normalized spacial score (nSPS) is 12.1. The van der Waals surface area contributed by atoms with Crippen molar-refractivity contribution in [2.45, 2.75) is 298 Å². The summed E-state index contributed by atoms with van der Waals surface area (Å²) in [6.07, 6.45) is 46.6. The molecular weight excluding hydrogens is 733 g/mol. The summed E-state index contributed by atoms with van der Waals surface area (Å²) in [5.41, 5.74) is 0. The minimum Gasteiger partial charge on any atom is -0.462 e. The third-order valence-electron chi connectivity index (χ3n) is 12.0. The van der Waals surface area contributed by atoms with Crippen LogP contribution in [0.15, 0.2) is 0 Å². The van der Waals surface area contributed by atoms with Gasteiger partial charge in [0.25, 0.3) is 0 Å². The molecule has 6 nitrogen and oxygen atoms in total. The van der Waals surface area contributed by atoms with Crippen molar-refractivity contribution in [3.8, 4) is 0 Å². The lowest BCUT2D eigenvalue weighted by Gasteiger charge is -2.18. The van der Waals surface area contributed by atoms with Gasteiger partial charge >= 0.3 is 17.9 Å². The first-order valence-electron chi connectivity index (χ1n) is 26.2. The van der Waals surface area contributed by atoms with E-state index in [9.17, 15) is 14.4 Å². The Hall–Kier alpha value is -1.59. The van der Waals surface area contributed by atoms with Gasteiger partial charge in [-0.2, -0.15) is 0 Å². The molecule has 1 atom stereocenters. The van der Waals surface area contributed by atoms with E-state index < -0.39 is 6.10 Å². The lowest BCUT2D eigenvalue weighted by atomic mass is 10.0. The van der Waals surface area contributed by atoms with Crippen LogP contribution >= 0.6 is 0 Å². The van der Waals surface area contributed by atoms with Gasteiger partial charge in [-0.1, -0.05) is 253 Å². The molecule has 0 fully saturated rings. The zero-order valence-corrected chi connectivity index (χ0v) is 40.4. The van der Waals surface area contributed by atoms with Crippen LogP contribution in [0, 0.1) is 11.8 Å². The number of carbonyl (C=O) groups is 3. The average molecular weight is 835 g/mol. The first kappa shape index (κ1) is 57.4. The van der Waals surface area contributed by atoms with E-state index in [-0.39, 0.29) is 31.1 Å². The van der Waals surface area contributed by atoms with Crippen LogP contribution in [0.5, 0.6) is 0 Å². The van der Waals surface area contributed by atoms with Crippen LogP contribution < -0.4 is 0 Å². The van der Waals surface area contributed by atoms with Crippen molar-refractivity contribution >= 4 is 17.9 Å². The highest BCUT2D eigenvalue weighted by atomic mass is 16.6. The van der Waals surface area contributed by atoms with E-state index >= 15 is 0 Å². The van der Waals surface area contributed by atoms with Crippen LogP contribution in [0.1, 0.15) is 291 Å². The summed E-state index contributed by atoms with van der Waals surface area (Å²) in [5, 5.41) is 0. The monoisotopic (exact) mass is 835 g/mol. The molecular formula is C53H102O6. The van der Waals surface area contributed by atoms with Crippen LogP contribution in [0.25, 0.3) is 0 Å². The van der Waals surface area contributed by atoms with Crippen molar-refractivity contribution in [3.05, 3.63) is 0 Å². The highest BCUT2D eigenvalue weighted by molar-refractivity contribution is 5.71. The van der Waals surface area contributed by atoms with Gasteiger partial charge in [0.1, 0.15) is 13.2 Å². The second kappa shape index (κ2) is 45.9. The average Bonchev–Trinajstić information content (AvgIpc) is 3.20. The van der Waals surface area contributed by atoms with Crippen molar-refractivity contribution in [2.24, 2.45) is 11.8 Å². The van der Waals surface area contributed by atoms with Crippen LogP contribution in [0.3, 0.4) is 0 Å².